The Hall–Kier alpha value is -2.37. The number of carbonyl (C=O) groups excluding carboxylic acids is 3. The van der Waals surface area contributed by atoms with Crippen LogP contribution in [0, 0.1) is 0 Å². The highest BCUT2D eigenvalue weighted by atomic mass is 16.2. The van der Waals surface area contributed by atoms with Crippen LogP contribution in [-0.4, -0.2) is 29.8 Å². The molecule has 0 aliphatic carbocycles. The van der Waals surface area contributed by atoms with E-state index in [9.17, 15) is 14.4 Å². The minimum atomic E-state index is -0.679. The van der Waals surface area contributed by atoms with Gasteiger partial charge in [0, 0.05) is 12.8 Å². The molecule has 3 amide bonds. The van der Waals surface area contributed by atoms with E-state index in [1.54, 1.807) is 0 Å². The monoisotopic (exact) mass is 275 g/mol. The average molecular weight is 275 g/mol. The third-order valence-electron chi connectivity index (χ3n) is 3.23. The number of hydrogen-bond donors (Lipinski definition) is 3. The summed E-state index contributed by atoms with van der Waals surface area (Å²) in [5.41, 5.74) is 6.01. The second kappa shape index (κ2) is 6.18. The van der Waals surface area contributed by atoms with Crippen molar-refractivity contribution in [2.24, 2.45) is 5.73 Å². The number of piperazine rings is 1. The van der Waals surface area contributed by atoms with E-state index in [1.165, 1.54) is 0 Å². The van der Waals surface area contributed by atoms with E-state index in [2.05, 4.69) is 10.6 Å². The fourth-order valence-corrected chi connectivity index (χ4v) is 2.16. The van der Waals surface area contributed by atoms with Crippen LogP contribution in [0.2, 0.25) is 0 Å². The number of rotatable bonds is 5. The van der Waals surface area contributed by atoms with Crippen molar-refractivity contribution in [1.29, 1.82) is 0 Å². The van der Waals surface area contributed by atoms with Gasteiger partial charge >= 0.3 is 0 Å². The van der Waals surface area contributed by atoms with Gasteiger partial charge in [-0.15, -0.1) is 0 Å². The van der Waals surface area contributed by atoms with Gasteiger partial charge in [-0.2, -0.15) is 0 Å². The van der Waals surface area contributed by atoms with Gasteiger partial charge in [0.1, 0.15) is 12.1 Å². The zero-order valence-electron chi connectivity index (χ0n) is 11.0. The summed E-state index contributed by atoms with van der Waals surface area (Å²) in [6.07, 6.45) is 0.744. The molecule has 0 aromatic heterocycles. The van der Waals surface area contributed by atoms with Crippen molar-refractivity contribution in [3.63, 3.8) is 0 Å². The van der Waals surface area contributed by atoms with E-state index in [1.807, 2.05) is 30.3 Å². The maximum absolute atomic E-state index is 12.0. The standard InChI is InChI=1S/C14H17N3O3/c15-12(18)7-6-10-13(19)17-11(14(20)16-10)8-9-4-2-1-3-5-9/h1-5,10-11H,6-8H2,(H2,15,18)(H,16,20)(H,17,19). The first-order valence-corrected chi connectivity index (χ1v) is 6.49. The highest BCUT2D eigenvalue weighted by Crippen LogP contribution is 2.09. The predicted molar refractivity (Wildman–Crippen MR) is 72.4 cm³/mol. The summed E-state index contributed by atoms with van der Waals surface area (Å²) in [6.45, 7) is 0. The number of nitrogens with one attached hydrogen (secondary N) is 2. The molecule has 6 heteroatoms. The fraction of sp³-hybridized carbons (Fsp3) is 0.357. The Bertz CT molecular complexity index is 516. The molecule has 4 N–H and O–H groups in total. The van der Waals surface area contributed by atoms with Gasteiger partial charge < -0.3 is 16.4 Å². The molecular weight excluding hydrogens is 258 g/mol. The first kappa shape index (κ1) is 14.0. The maximum Gasteiger partial charge on any atom is 0.243 e. The molecule has 6 nitrogen and oxygen atoms in total. The average Bonchev–Trinajstić information content (AvgIpc) is 2.42. The summed E-state index contributed by atoms with van der Waals surface area (Å²) >= 11 is 0. The highest BCUT2D eigenvalue weighted by Gasteiger charge is 2.33. The van der Waals surface area contributed by atoms with Crippen molar-refractivity contribution >= 4 is 17.7 Å². The van der Waals surface area contributed by atoms with Crippen molar-refractivity contribution in [3.05, 3.63) is 35.9 Å². The Morgan fingerprint density at radius 2 is 1.65 bits per heavy atom. The smallest absolute Gasteiger partial charge is 0.243 e. The second-order valence-corrected chi connectivity index (χ2v) is 4.82. The third kappa shape index (κ3) is 3.57. The number of benzene rings is 1. The molecule has 1 fully saturated rings. The van der Waals surface area contributed by atoms with Crippen LogP contribution in [0.3, 0.4) is 0 Å². The quantitative estimate of drug-likeness (QED) is 0.673. The van der Waals surface area contributed by atoms with Gasteiger partial charge in [-0.05, 0) is 12.0 Å². The van der Waals surface area contributed by atoms with Crippen LogP contribution < -0.4 is 16.4 Å². The Morgan fingerprint density at radius 3 is 2.30 bits per heavy atom. The van der Waals surface area contributed by atoms with Crippen LogP contribution in [0.1, 0.15) is 18.4 Å². The zero-order chi connectivity index (χ0) is 14.5. The molecular formula is C14H17N3O3. The Kier molecular flexibility index (Phi) is 4.34. The molecule has 0 bridgehead atoms. The van der Waals surface area contributed by atoms with Gasteiger partial charge in [0.15, 0.2) is 0 Å². The maximum atomic E-state index is 12.0. The molecule has 1 aliphatic heterocycles. The lowest BCUT2D eigenvalue weighted by Crippen LogP contribution is -2.62. The molecule has 1 aliphatic rings. The van der Waals surface area contributed by atoms with Crippen LogP contribution in [0.25, 0.3) is 0 Å². The van der Waals surface area contributed by atoms with E-state index in [0.717, 1.165) is 5.56 Å². The molecule has 0 spiro atoms. The van der Waals surface area contributed by atoms with Crippen molar-refractivity contribution in [2.75, 3.05) is 0 Å². The van der Waals surface area contributed by atoms with Gasteiger partial charge in [0.25, 0.3) is 0 Å². The largest absolute Gasteiger partial charge is 0.370 e. The normalized spacial score (nSPS) is 22.0. The molecule has 1 aromatic rings. The van der Waals surface area contributed by atoms with Gasteiger partial charge in [0.2, 0.25) is 17.7 Å². The molecule has 106 valence electrons. The number of hydrogen-bond acceptors (Lipinski definition) is 3. The van der Waals surface area contributed by atoms with E-state index < -0.39 is 18.0 Å². The Labute approximate surface area is 116 Å². The lowest BCUT2D eigenvalue weighted by Gasteiger charge is -2.29. The molecule has 0 saturated carbocycles. The van der Waals surface area contributed by atoms with E-state index >= 15 is 0 Å². The van der Waals surface area contributed by atoms with E-state index in [-0.39, 0.29) is 24.7 Å². The van der Waals surface area contributed by atoms with Crippen molar-refractivity contribution in [1.82, 2.24) is 10.6 Å². The molecule has 1 aromatic carbocycles. The summed E-state index contributed by atoms with van der Waals surface area (Å²) < 4.78 is 0. The van der Waals surface area contributed by atoms with Crippen LogP contribution in [0.5, 0.6) is 0 Å². The number of primary amides is 1. The first-order chi connectivity index (χ1) is 9.56. The Morgan fingerprint density at radius 1 is 1.05 bits per heavy atom. The summed E-state index contributed by atoms with van der Waals surface area (Å²) in [7, 11) is 0. The summed E-state index contributed by atoms with van der Waals surface area (Å²) in [6, 6.07) is 8.21. The minimum Gasteiger partial charge on any atom is -0.370 e. The second-order valence-electron chi connectivity index (χ2n) is 4.82. The molecule has 1 heterocycles. The SMILES string of the molecule is NC(=O)CCC1NC(=O)C(Cc2ccccc2)NC1=O. The van der Waals surface area contributed by atoms with Crippen molar-refractivity contribution in [2.45, 2.75) is 31.3 Å². The fourth-order valence-electron chi connectivity index (χ4n) is 2.16. The zero-order valence-corrected chi connectivity index (χ0v) is 11.0. The molecule has 2 rings (SSSR count). The van der Waals surface area contributed by atoms with Crippen molar-refractivity contribution < 1.29 is 14.4 Å². The van der Waals surface area contributed by atoms with Crippen LogP contribution in [0.4, 0.5) is 0 Å². The first-order valence-electron chi connectivity index (χ1n) is 6.49. The van der Waals surface area contributed by atoms with Gasteiger partial charge in [-0.3, -0.25) is 14.4 Å². The lowest BCUT2D eigenvalue weighted by molar-refractivity contribution is -0.137. The molecule has 20 heavy (non-hydrogen) atoms. The lowest BCUT2D eigenvalue weighted by atomic mass is 10.0. The summed E-state index contributed by atoms with van der Waals surface area (Å²) in [4.78, 5) is 34.5. The van der Waals surface area contributed by atoms with E-state index in [4.69, 9.17) is 5.73 Å². The Balaban J connectivity index is 1.94. The van der Waals surface area contributed by atoms with Gasteiger partial charge in [-0.1, -0.05) is 30.3 Å². The van der Waals surface area contributed by atoms with Crippen LogP contribution in [0.15, 0.2) is 30.3 Å². The molecule has 0 radical (unpaired) electrons. The molecule has 2 atom stereocenters. The number of carbonyl (C=O) groups is 3. The topological polar surface area (TPSA) is 101 Å². The van der Waals surface area contributed by atoms with Gasteiger partial charge in [0.05, 0.1) is 0 Å². The summed E-state index contributed by atoms with van der Waals surface area (Å²) in [5.74, 6) is -0.992. The predicted octanol–water partition coefficient (Wildman–Crippen LogP) is -0.522. The number of amides is 3. The highest BCUT2D eigenvalue weighted by molar-refractivity contribution is 5.97. The minimum absolute atomic E-state index is 0.0711. The van der Waals surface area contributed by atoms with Gasteiger partial charge in [-0.25, -0.2) is 0 Å². The van der Waals surface area contributed by atoms with E-state index in [0.29, 0.717) is 6.42 Å². The third-order valence-corrected chi connectivity index (χ3v) is 3.23. The number of nitrogens with two attached hydrogens (primary N) is 1. The molecule has 1 saturated heterocycles. The van der Waals surface area contributed by atoms with Crippen molar-refractivity contribution in [3.8, 4) is 0 Å². The van der Waals surface area contributed by atoms with Crippen LogP contribution in [-0.2, 0) is 20.8 Å². The molecule has 2 unspecified atom stereocenters. The summed E-state index contributed by atoms with van der Waals surface area (Å²) in [5, 5.41) is 5.32. The van der Waals surface area contributed by atoms with Crippen LogP contribution >= 0.6 is 0 Å².